The zero-order valence-electron chi connectivity index (χ0n) is 29.0. The van der Waals surface area contributed by atoms with Gasteiger partial charge >= 0.3 is 11.9 Å². The highest BCUT2D eigenvalue weighted by atomic mass is 32.2. The lowest BCUT2D eigenvalue weighted by molar-refractivity contribution is -0.145. The summed E-state index contributed by atoms with van der Waals surface area (Å²) >= 11 is 0. The van der Waals surface area contributed by atoms with Gasteiger partial charge in [-0.25, -0.2) is 27.7 Å². The van der Waals surface area contributed by atoms with Crippen LogP contribution in [0.2, 0.25) is 0 Å². The molecular formula is C36H43N5O8S. The molecule has 50 heavy (non-hydrogen) atoms. The molecule has 2 aromatic heterocycles. The summed E-state index contributed by atoms with van der Waals surface area (Å²) in [5.41, 5.74) is 3.61. The number of carboxylic acid groups (broad SMARTS) is 1. The van der Waals surface area contributed by atoms with Crippen molar-refractivity contribution in [3.05, 3.63) is 89.2 Å². The van der Waals surface area contributed by atoms with E-state index in [0.717, 1.165) is 34.9 Å². The molecule has 4 aromatic rings. The van der Waals surface area contributed by atoms with E-state index in [0.29, 0.717) is 18.0 Å². The van der Waals surface area contributed by atoms with Crippen molar-refractivity contribution in [2.24, 2.45) is 5.41 Å². The fourth-order valence-electron chi connectivity index (χ4n) is 5.18. The number of carbonyl (C=O) groups is 2. The third-order valence-electron chi connectivity index (χ3n) is 7.38. The van der Waals surface area contributed by atoms with E-state index in [-0.39, 0.29) is 53.6 Å². The minimum atomic E-state index is -4.26. The molecule has 0 fully saturated rings. The van der Waals surface area contributed by atoms with Gasteiger partial charge in [0.25, 0.3) is 10.0 Å². The SMILES string of the molecule is CCOC(=O)COc1ccc(CN[C@@H](COc2cc(-c3c(C)cccc3C)nc(NS(=O)(=O)c3cccc(C(=O)O)c3)n2)CC(C)(C)C)nc1. The third-order valence-corrected chi connectivity index (χ3v) is 8.71. The van der Waals surface area contributed by atoms with Crippen LogP contribution in [0, 0.1) is 19.3 Å². The number of nitrogens with zero attached hydrogens (tertiary/aromatic N) is 3. The van der Waals surface area contributed by atoms with Crippen LogP contribution in [0.25, 0.3) is 11.3 Å². The predicted octanol–water partition coefficient (Wildman–Crippen LogP) is 5.57. The van der Waals surface area contributed by atoms with Gasteiger partial charge in [-0.15, -0.1) is 0 Å². The van der Waals surface area contributed by atoms with Crippen molar-refractivity contribution in [2.75, 3.05) is 24.5 Å². The highest BCUT2D eigenvalue weighted by Gasteiger charge is 2.23. The molecule has 1 atom stereocenters. The molecule has 0 aliphatic carbocycles. The van der Waals surface area contributed by atoms with Crippen LogP contribution in [0.4, 0.5) is 5.95 Å². The Balaban J connectivity index is 1.56. The number of ether oxygens (including phenoxy) is 3. The lowest BCUT2D eigenvalue weighted by Gasteiger charge is -2.27. The summed E-state index contributed by atoms with van der Waals surface area (Å²) in [6, 6.07) is 15.9. The standard InChI is InChI=1S/C36H43N5O8S/c1-7-47-32(42)22-48-28-15-14-26(38-20-28)19-37-27(18-36(4,5)6)21-49-31-17-30(33-23(2)10-8-11-24(33)3)39-35(40-31)41-50(45,46)29-13-9-12-25(16-29)34(43)44/h8-17,20,27,37H,7,18-19,21-22H2,1-6H3,(H,43,44)(H,39,40,41)/t27-/m1/s1. The molecule has 0 spiro atoms. The van der Waals surface area contributed by atoms with Crippen LogP contribution < -0.4 is 19.5 Å². The summed E-state index contributed by atoms with van der Waals surface area (Å²) < 4.78 is 45.7. The quantitative estimate of drug-likeness (QED) is 0.124. The van der Waals surface area contributed by atoms with E-state index in [1.54, 1.807) is 31.3 Å². The van der Waals surface area contributed by atoms with Crippen LogP contribution in [0.15, 0.2) is 71.8 Å². The number of anilines is 1. The maximum atomic E-state index is 13.4. The Labute approximate surface area is 292 Å². The molecule has 0 saturated heterocycles. The number of carbonyl (C=O) groups excluding carboxylic acids is 1. The van der Waals surface area contributed by atoms with E-state index in [1.165, 1.54) is 18.2 Å². The van der Waals surface area contributed by atoms with Gasteiger partial charge < -0.3 is 24.6 Å². The molecule has 266 valence electrons. The Morgan fingerprint density at radius 2 is 1.68 bits per heavy atom. The molecule has 0 unspecified atom stereocenters. The second-order valence-corrected chi connectivity index (χ2v) is 14.5. The number of nitrogens with one attached hydrogen (secondary N) is 2. The number of aryl methyl sites for hydroxylation is 2. The number of rotatable bonds is 16. The monoisotopic (exact) mass is 705 g/mol. The van der Waals surface area contributed by atoms with Crippen molar-refractivity contribution in [3.63, 3.8) is 0 Å². The number of aromatic nitrogens is 3. The van der Waals surface area contributed by atoms with Gasteiger partial charge in [0, 0.05) is 24.2 Å². The Kier molecular flexibility index (Phi) is 12.5. The fraction of sp³-hybridized carbons (Fsp3) is 0.361. The van der Waals surface area contributed by atoms with Crippen molar-refractivity contribution in [3.8, 4) is 22.9 Å². The lowest BCUT2D eigenvalue weighted by atomic mass is 9.88. The lowest BCUT2D eigenvalue weighted by Crippen LogP contribution is -2.37. The van der Waals surface area contributed by atoms with Crippen LogP contribution in [-0.4, -0.2) is 66.3 Å². The molecule has 13 nitrogen and oxygen atoms in total. The smallest absolute Gasteiger partial charge is 0.344 e. The molecule has 0 amide bonds. The number of benzene rings is 2. The van der Waals surface area contributed by atoms with Gasteiger partial charge in [0.2, 0.25) is 11.8 Å². The van der Waals surface area contributed by atoms with Gasteiger partial charge in [-0.05, 0) is 74.1 Å². The van der Waals surface area contributed by atoms with Crippen molar-refractivity contribution in [2.45, 2.75) is 65.4 Å². The molecule has 0 aliphatic heterocycles. The Bertz CT molecular complexity index is 1890. The van der Waals surface area contributed by atoms with Crippen LogP contribution in [0.1, 0.15) is 61.3 Å². The van der Waals surface area contributed by atoms with E-state index in [2.05, 4.69) is 45.8 Å². The Hall–Kier alpha value is -5.08. The van der Waals surface area contributed by atoms with Crippen LogP contribution >= 0.6 is 0 Å². The van der Waals surface area contributed by atoms with Crippen molar-refractivity contribution < 1.29 is 37.3 Å². The normalized spacial score (nSPS) is 12.2. The van der Waals surface area contributed by atoms with E-state index >= 15 is 0 Å². The van der Waals surface area contributed by atoms with Gasteiger partial charge in [0.05, 0.1) is 34.7 Å². The van der Waals surface area contributed by atoms with E-state index < -0.39 is 22.0 Å². The molecule has 4 rings (SSSR count). The molecule has 0 bridgehead atoms. The first-order valence-corrected chi connectivity index (χ1v) is 17.5. The van der Waals surface area contributed by atoms with E-state index in [4.69, 9.17) is 14.2 Å². The Morgan fingerprint density at radius 3 is 2.32 bits per heavy atom. The van der Waals surface area contributed by atoms with Crippen LogP contribution in [0.3, 0.4) is 0 Å². The zero-order chi connectivity index (χ0) is 36.5. The molecule has 0 saturated carbocycles. The maximum absolute atomic E-state index is 13.4. The third kappa shape index (κ3) is 11.0. The molecular weight excluding hydrogens is 662 g/mol. The second-order valence-electron chi connectivity index (χ2n) is 12.9. The summed E-state index contributed by atoms with van der Waals surface area (Å²) in [7, 11) is -4.26. The molecule has 0 radical (unpaired) electrons. The molecule has 14 heteroatoms. The van der Waals surface area contributed by atoms with Crippen molar-refractivity contribution in [1.82, 2.24) is 20.3 Å². The summed E-state index contributed by atoms with van der Waals surface area (Å²) in [6.45, 7) is 12.6. The van der Waals surface area contributed by atoms with Gasteiger partial charge in [-0.1, -0.05) is 45.0 Å². The number of pyridine rings is 1. The Morgan fingerprint density at radius 1 is 0.960 bits per heavy atom. The topological polar surface area (TPSA) is 179 Å². The number of hydrogen-bond acceptors (Lipinski definition) is 11. The van der Waals surface area contributed by atoms with E-state index in [1.807, 2.05) is 32.0 Å². The van der Waals surface area contributed by atoms with Crippen LogP contribution in [-0.2, 0) is 26.1 Å². The van der Waals surface area contributed by atoms with Crippen molar-refractivity contribution in [1.29, 1.82) is 0 Å². The summed E-state index contributed by atoms with van der Waals surface area (Å²) in [4.78, 5) is 36.2. The molecule has 3 N–H and O–H groups in total. The number of esters is 1. The summed E-state index contributed by atoms with van der Waals surface area (Å²) in [6.07, 6.45) is 2.27. The number of sulfonamides is 1. The summed E-state index contributed by atoms with van der Waals surface area (Å²) in [5, 5.41) is 12.9. The minimum Gasteiger partial charge on any atom is -0.480 e. The number of aromatic carboxylic acids is 1. The second kappa shape index (κ2) is 16.5. The fourth-order valence-corrected chi connectivity index (χ4v) is 6.17. The average Bonchev–Trinajstić information content (AvgIpc) is 3.05. The minimum absolute atomic E-state index is 0.0698. The largest absolute Gasteiger partial charge is 0.480 e. The van der Waals surface area contributed by atoms with E-state index in [9.17, 15) is 23.1 Å². The van der Waals surface area contributed by atoms with Gasteiger partial charge in [0.15, 0.2) is 6.61 Å². The maximum Gasteiger partial charge on any atom is 0.344 e. The summed E-state index contributed by atoms with van der Waals surface area (Å²) in [5.74, 6) is -1.34. The molecule has 0 aliphatic rings. The first-order chi connectivity index (χ1) is 23.6. The predicted molar refractivity (Wildman–Crippen MR) is 188 cm³/mol. The highest BCUT2D eigenvalue weighted by molar-refractivity contribution is 7.92. The zero-order valence-corrected chi connectivity index (χ0v) is 29.8. The average molecular weight is 706 g/mol. The highest BCUT2D eigenvalue weighted by Crippen LogP contribution is 2.30. The first-order valence-electron chi connectivity index (χ1n) is 16.0. The van der Waals surface area contributed by atoms with Crippen LogP contribution in [0.5, 0.6) is 11.6 Å². The first kappa shape index (κ1) is 37.7. The molecule has 2 aromatic carbocycles. The van der Waals surface area contributed by atoms with Gasteiger partial charge in [0.1, 0.15) is 12.4 Å². The van der Waals surface area contributed by atoms with Crippen molar-refractivity contribution >= 4 is 27.9 Å². The van der Waals surface area contributed by atoms with Gasteiger partial charge in [-0.3, -0.25) is 4.98 Å². The number of carboxylic acids is 1. The van der Waals surface area contributed by atoms with Gasteiger partial charge in [-0.2, -0.15) is 4.98 Å². The molecule has 2 heterocycles. The number of hydrogen-bond donors (Lipinski definition) is 3.